The molecule has 5 nitrogen and oxygen atoms in total. The molecule has 0 saturated carbocycles. The van der Waals surface area contributed by atoms with Gasteiger partial charge in [0.05, 0.1) is 16.3 Å². The third kappa shape index (κ3) is 7.13. The van der Waals surface area contributed by atoms with Crippen LogP contribution in [0.1, 0.15) is 86.9 Å². The van der Waals surface area contributed by atoms with E-state index in [9.17, 15) is 10.1 Å². The van der Waals surface area contributed by atoms with Gasteiger partial charge in [0.25, 0.3) is 5.69 Å². The van der Waals surface area contributed by atoms with Gasteiger partial charge >= 0.3 is 0 Å². The van der Waals surface area contributed by atoms with Crippen LogP contribution >= 0.6 is 0 Å². The lowest BCUT2D eigenvalue weighted by atomic mass is 9.78. The second kappa shape index (κ2) is 16.6. The summed E-state index contributed by atoms with van der Waals surface area (Å²) in [6, 6.07) is 62.6. The Kier molecular flexibility index (Phi) is 10.6. The summed E-state index contributed by atoms with van der Waals surface area (Å²) in [6.45, 7) is 6.60. The van der Waals surface area contributed by atoms with Crippen LogP contribution in [-0.4, -0.2) is 4.92 Å². The van der Waals surface area contributed by atoms with Crippen LogP contribution < -0.4 is 10.6 Å². The highest BCUT2D eigenvalue weighted by molar-refractivity contribution is 6.18. The van der Waals surface area contributed by atoms with E-state index in [-0.39, 0.29) is 22.4 Å². The maximum atomic E-state index is 13.2. The van der Waals surface area contributed by atoms with Gasteiger partial charge in [0.2, 0.25) is 0 Å². The summed E-state index contributed by atoms with van der Waals surface area (Å²) in [4.78, 5) is 12.9. The second-order valence-corrected chi connectivity index (χ2v) is 15.6. The molecule has 0 aliphatic heterocycles. The summed E-state index contributed by atoms with van der Waals surface area (Å²) in [5.74, 6) is -0.680. The molecule has 0 aromatic heterocycles. The number of hydrogen-bond acceptors (Lipinski definition) is 4. The van der Waals surface area contributed by atoms with E-state index in [1.54, 1.807) is 12.1 Å². The lowest BCUT2D eigenvalue weighted by Crippen LogP contribution is -2.15. The summed E-state index contributed by atoms with van der Waals surface area (Å²) in [6.07, 6.45) is 1.76. The van der Waals surface area contributed by atoms with E-state index in [0.29, 0.717) is 0 Å². The number of hydrogen-bond donors (Lipinski definition) is 2. The van der Waals surface area contributed by atoms with Crippen molar-refractivity contribution in [3.63, 3.8) is 0 Å². The summed E-state index contributed by atoms with van der Waals surface area (Å²) in [7, 11) is 0. The van der Waals surface area contributed by atoms with Crippen molar-refractivity contribution >= 4 is 39.2 Å². The third-order valence-electron chi connectivity index (χ3n) is 11.9. The number of aryl methyl sites for hydroxylation is 3. The predicted octanol–water partition coefficient (Wildman–Crippen LogP) is 13.9. The summed E-state index contributed by atoms with van der Waals surface area (Å²) in [5.41, 5.74) is 15.7. The van der Waals surface area contributed by atoms with Gasteiger partial charge in [-0.15, -0.1) is 0 Å². The van der Waals surface area contributed by atoms with E-state index in [1.165, 1.54) is 22.1 Å². The van der Waals surface area contributed by atoms with Crippen LogP contribution in [-0.2, 0) is 12.8 Å². The monoisotopic (exact) mass is 781 g/mol. The van der Waals surface area contributed by atoms with Gasteiger partial charge in [0.1, 0.15) is 0 Å². The molecule has 2 N–H and O–H groups in total. The fourth-order valence-electron chi connectivity index (χ4n) is 9.26. The van der Waals surface area contributed by atoms with E-state index in [0.717, 1.165) is 85.5 Å². The average molecular weight is 782 g/mol. The number of rotatable bonds is 13. The molecule has 0 spiro atoms. The number of nitro benzene ring substituents is 1. The lowest BCUT2D eigenvalue weighted by molar-refractivity contribution is -0.385. The van der Waals surface area contributed by atoms with Crippen LogP contribution in [0.3, 0.4) is 0 Å². The second-order valence-electron chi connectivity index (χ2n) is 15.6. The molecule has 0 heterocycles. The molecule has 0 unspecified atom stereocenters. The zero-order valence-electron chi connectivity index (χ0n) is 34.2. The molecule has 0 bridgehead atoms. The van der Waals surface area contributed by atoms with Gasteiger partial charge in [-0.1, -0.05) is 189 Å². The van der Waals surface area contributed by atoms with Crippen molar-refractivity contribution in [3.05, 3.63) is 253 Å². The van der Waals surface area contributed by atoms with E-state index < -0.39 is 0 Å². The van der Waals surface area contributed by atoms with Crippen molar-refractivity contribution in [2.45, 2.75) is 45.4 Å². The molecule has 0 fully saturated rings. The summed E-state index contributed by atoms with van der Waals surface area (Å²) >= 11 is 0. The third-order valence-corrected chi connectivity index (χ3v) is 11.9. The summed E-state index contributed by atoms with van der Waals surface area (Å²) in [5, 5.41) is 23.7. The molecule has 60 heavy (non-hydrogen) atoms. The molecule has 0 radical (unpaired) electrons. The van der Waals surface area contributed by atoms with Crippen LogP contribution in [0.15, 0.2) is 182 Å². The van der Waals surface area contributed by atoms with Gasteiger partial charge in [-0.25, -0.2) is 0 Å². The van der Waals surface area contributed by atoms with Crippen molar-refractivity contribution in [1.82, 2.24) is 0 Å². The molecule has 8 aromatic rings. The molecule has 9 rings (SSSR count). The number of nitro groups is 1. The van der Waals surface area contributed by atoms with Crippen molar-refractivity contribution < 1.29 is 4.92 Å². The van der Waals surface area contributed by atoms with Gasteiger partial charge in [-0.2, -0.15) is 0 Å². The Morgan fingerprint density at radius 3 is 1.25 bits per heavy atom. The number of nitrogens with zero attached hydrogens (tertiary/aromatic N) is 1. The normalized spacial score (nSPS) is 12.1. The highest BCUT2D eigenvalue weighted by atomic mass is 16.6. The largest absolute Gasteiger partial charge is 0.353 e. The first-order valence-electron chi connectivity index (χ1n) is 20.9. The zero-order valence-corrected chi connectivity index (χ0v) is 34.2. The van der Waals surface area contributed by atoms with E-state index >= 15 is 0 Å². The standard InChI is InChI=1S/C55H47N3O2/c1-4-37-32-36(3)33-38(5-2)52(37)56-54-45-30-18-28-43-29-19-31-46(51(43)45)55(54)57-53-47(49(39-20-10-6-11-21-39)40-22-12-7-13-23-40)34-44(58(59)60)35-48(53)50(41-24-14-8-15-25-41)42-26-16-9-17-27-42/h6-35,49-50,56-57H,4-5H2,1-3H3. The van der Waals surface area contributed by atoms with E-state index in [2.05, 4.69) is 128 Å². The van der Waals surface area contributed by atoms with Gasteiger partial charge in [-0.05, 0) is 69.7 Å². The maximum absolute atomic E-state index is 13.2. The van der Waals surface area contributed by atoms with Crippen molar-refractivity contribution in [3.8, 4) is 0 Å². The van der Waals surface area contributed by atoms with Crippen molar-refractivity contribution in [2.24, 2.45) is 0 Å². The number of nitrogens with one attached hydrogen (secondary N) is 2. The molecule has 0 saturated heterocycles. The SMILES string of the molecule is CCc1cc(C)cc(CC)c1NC1=C(Nc2c(C(c3ccccc3)c3ccccc3)cc([N+](=O)[O-])cc2C(c2ccccc2)c2ccccc2)c2cccc3cccc1c23. The van der Waals surface area contributed by atoms with Gasteiger partial charge in [0, 0.05) is 51.9 Å². The van der Waals surface area contributed by atoms with Crippen LogP contribution in [0.2, 0.25) is 0 Å². The smallest absolute Gasteiger partial charge is 0.270 e. The summed E-state index contributed by atoms with van der Waals surface area (Å²) < 4.78 is 0. The molecule has 0 atom stereocenters. The molecular weight excluding hydrogens is 735 g/mol. The highest BCUT2D eigenvalue weighted by Gasteiger charge is 2.33. The van der Waals surface area contributed by atoms with Crippen molar-refractivity contribution in [2.75, 3.05) is 10.6 Å². The van der Waals surface area contributed by atoms with Gasteiger partial charge in [-0.3, -0.25) is 10.1 Å². The van der Waals surface area contributed by atoms with Crippen LogP contribution in [0.25, 0.3) is 22.2 Å². The van der Waals surface area contributed by atoms with Crippen LogP contribution in [0, 0.1) is 17.0 Å². The molecule has 5 heteroatoms. The Morgan fingerprint density at radius 1 is 0.500 bits per heavy atom. The predicted molar refractivity (Wildman–Crippen MR) is 249 cm³/mol. The Bertz CT molecular complexity index is 2660. The Morgan fingerprint density at radius 2 is 0.883 bits per heavy atom. The Labute approximate surface area is 352 Å². The quantitative estimate of drug-likeness (QED) is 0.0694. The van der Waals surface area contributed by atoms with E-state index in [1.807, 2.05) is 72.8 Å². The minimum Gasteiger partial charge on any atom is -0.353 e. The van der Waals surface area contributed by atoms with Crippen molar-refractivity contribution in [1.29, 1.82) is 0 Å². The van der Waals surface area contributed by atoms with Gasteiger partial charge in [0.15, 0.2) is 0 Å². The average Bonchev–Trinajstić information content (AvgIpc) is 3.58. The zero-order chi connectivity index (χ0) is 41.2. The molecule has 1 aliphatic rings. The minimum atomic E-state index is -0.340. The number of non-ortho nitro benzene ring substituents is 1. The number of benzene rings is 8. The topological polar surface area (TPSA) is 67.2 Å². The molecular formula is C55H47N3O2. The van der Waals surface area contributed by atoms with E-state index in [4.69, 9.17) is 0 Å². The lowest BCUT2D eigenvalue weighted by Gasteiger charge is -2.29. The first-order chi connectivity index (χ1) is 29.4. The van der Waals surface area contributed by atoms with Crippen LogP contribution in [0.5, 0.6) is 0 Å². The van der Waals surface area contributed by atoms with Gasteiger partial charge < -0.3 is 10.6 Å². The fourth-order valence-corrected chi connectivity index (χ4v) is 9.26. The number of anilines is 2. The Hall–Kier alpha value is -7.24. The van der Waals surface area contributed by atoms with Crippen LogP contribution in [0.4, 0.5) is 17.1 Å². The highest BCUT2D eigenvalue weighted by Crippen LogP contribution is 2.49. The minimum absolute atomic E-state index is 0.0447. The maximum Gasteiger partial charge on any atom is 0.270 e. The first-order valence-corrected chi connectivity index (χ1v) is 20.9. The molecule has 1 aliphatic carbocycles. The molecule has 8 aromatic carbocycles. The molecule has 294 valence electrons. The molecule has 0 amide bonds. The Balaban J connectivity index is 1.39. The fraction of sp³-hybridized carbons (Fsp3) is 0.127. The first kappa shape index (κ1) is 38.3.